The number of aryl methyl sites for hydroxylation is 1. The maximum absolute atomic E-state index is 12.6. The van der Waals surface area contributed by atoms with Gasteiger partial charge in [-0.05, 0) is 30.2 Å². The predicted molar refractivity (Wildman–Crippen MR) is 90.6 cm³/mol. The average Bonchev–Trinajstić information content (AvgIpc) is 2.52. The Morgan fingerprint density at radius 3 is 2.50 bits per heavy atom. The summed E-state index contributed by atoms with van der Waals surface area (Å²) >= 11 is 1.47. The van der Waals surface area contributed by atoms with Crippen LogP contribution in [0.2, 0.25) is 0 Å². The minimum atomic E-state index is -4.37. The first-order chi connectivity index (χ1) is 11.3. The van der Waals surface area contributed by atoms with E-state index < -0.39 is 11.7 Å². The molecule has 24 heavy (non-hydrogen) atoms. The zero-order chi connectivity index (χ0) is 17.6. The second-order valence-electron chi connectivity index (χ2n) is 5.46. The number of rotatable bonds is 6. The number of carbonyl (C=O) groups is 1. The molecule has 0 atom stereocenters. The third kappa shape index (κ3) is 5.92. The van der Waals surface area contributed by atoms with Gasteiger partial charge in [-0.3, -0.25) is 4.79 Å². The van der Waals surface area contributed by atoms with Crippen molar-refractivity contribution in [1.29, 1.82) is 0 Å². The van der Waals surface area contributed by atoms with Crippen molar-refractivity contribution < 1.29 is 18.0 Å². The average molecular weight is 353 g/mol. The van der Waals surface area contributed by atoms with Gasteiger partial charge >= 0.3 is 6.18 Å². The van der Waals surface area contributed by atoms with Crippen molar-refractivity contribution in [2.75, 3.05) is 5.75 Å². The van der Waals surface area contributed by atoms with Crippen LogP contribution in [0.3, 0.4) is 0 Å². The Labute approximate surface area is 143 Å². The van der Waals surface area contributed by atoms with E-state index in [1.165, 1.54) is 23.4 Å². The molecule has 0 bridgehead atoms. The molecule has 6 heteroatoms. The quantitative estimate of drug-likeness (QED) is 0.825. The molecule has 0 saturated carbocycles. The lowest BCUT2D eigenvalue weighted by atomic mass is 10.1. The summed E-state index contributed by atoms with van der Waals surface area (Å²) in [5.74, 6) is 0.802. The maximum atomic E-state index is 12.6. The fraction of sp³-hybridized carbons (Fsp3) is 0.278. The molecule has 2 aromatic rings. The smallest absolute Gasteiger partial charge is 0.351 e. The Hall–Kier alpha value is -1.95. The van der Waals surface area contributed by atoms with Gasteiger partial charge in [-0.1, -0.05) is 42.0 Å². The Kier molecular flexibility index (Phi) is 6.31. The van der Waals surface area contributed by atoms with Crippen LogP contribution in [-0.4, -0.2) is 11.7 Å². The molecule has 0 aliphatic carbocycles. The van der Waals surface area contributed by atoms with Crippen molar-refractivity contribution in [3.8, 4) is 0 Å². The molecular weight excluding hydrogens is 335 g/mol. The monoisotopic (exact) mass is 353 g/mol. The van der Waals surface area contributed by atoms with Crippen LogP contribution < -0.4 is 5.32 Å². The SMILES string of the molecule is Cc1cccc(CSCC(=O)NCc2cccc(C(F)(F)F)c2)c1. The van der Waals surface area contributed by atoms with Crippen LogP contribution >= 0.6 is 11.8 Å². The molecular formula is C18H18F3NOS. The van der Waals surface area contributed by atoms with Gasteiger partial charge in [0.2, 0.25) is 5.91 Å². The number of halogens is 3. The van der Waals surface area contributed by atoms with Crippen molar-refractivity contribution in [1.82, 2.24) is 5.32 Å². The van der Waals surface area contributed by atoms with E-state index in [4.69, 9.17) is 0 Å². The van der Waals surface area contributed by atoms with Gasteiger partial charge in [0.1, 0.15) is 0 Å². The number of benzene rings is 2. The molecule has 0 aromatic heterocycles. The summed E-state index contributed by atoms with van der Waals surface area (Å²) in [7, 11) is 0. The van der Waals surface area contributed by atoms with Crippen LogP contribution in [-0.2, 0) is 23.3 Å². The number of hydrogen-bond donors (Lipinski definition) is 1. The number of carbonyl (C=O) groups excluding carboxylic acids is 1. The zero-order valence-electron chi connectivity index (χ0n) is 13.2. The Morgan fingerprint density at radius 2 is 1.79 bits per heavy atom. The first-order valence-corrected chi connectivity index (χ1v) is 8.56. The molecule has 2 nitrogen and oxygen atoms in total. The van der Waals surface area contributed by atoms with E-state index in [0.29, 0.717) is 5.56 Å². The number of hydrogen-bond acceptors (Lipinski definition) is 2. The van der Waals surface area contributed by atoms with Gasteiger partial charge in [0.05, 0.1) is 11.3 Å². The van der Waals surface area contributed by atoms with Gasteiger partial charge in [-0.25, -0.2) is 0 Å². The summed E-state index contributed by atoms with van der Waals surface area (Å²) < 4.78 is 37.9. The van der Waals surface area contributed by atoms with Gasteiger partial charge < -0.3 is 5.32 Å². The summed E-state index contributed by atoms with van der Waals surface area (Å²) in [6, 6.07) is 13.0. The molecule has 1 N–H and O–H groups in total. The number of alkyl halides is 3. The molecule has 1 amide bonds. The van der Waals surface area contributed by atoms with Gasteiger partial charge in [0, 0.05) is 12.3 Å². The first-order valence-electron chi connectivity index (χ1n) is 7.41. The van der Waals surface area contributed by atoms with Crippen molar-refractivity contribution in [2.24, 2.45) is 0 Å². The molecule has 0 spiro atoms. The topological polar surface area (TPSA) is 29.1 Å². The standard InChI is InChI=1S/C18H18F3NOS/c1-13-4-2-6-15(8-13)11-24-12-17(23)22-10-14-5-3-7-16(9-14)18(19,20)21/h2-9H,10-12H2,1H3,(H,22,23). The molecule has 2 aromatic carbocycles. The van der Waals surface area contributed by atoms with Crippen LogP contribution in [0, 0.1) is 6.92 Å². The number of amides is 1. The number of thioether (sulfide) groups is 1. The van der Waals surface area contributed by atoms with Crippen molar-refractivity contribution in [3.05, 3.63) is 70.8 Å². The van der Waals surface area contributed by atoms with E-state index in [0.717, 1.165) is 23.4 Å². The lowest BCUT2D eigenvalue weighted by molar-refractivity contribution is -0.137. The minimum Gasteiger partial charge on any atom is -0.351 e. The van der Waals surface area contributed by atoms with E-state index in [9.17, 15) is 18.0 Å². The molecule has 0 aliphatic heterocycles. The molecule has 0 saturated heterocycles. The zero-order valence-corrected chi connectivity index (χ0v) is 14.0. The summed E-state index contributed by atoms with van der Waals surface area (Å²) in [5, 5.41) is 2.65. The van der Waals surface area contributed by atoms with Crippen LogP contribution in [0.4, 0.5) is 13.2 Å². The second-order valence-corrected chi connectivity index (χ2v) is 6.44. The lowest BCUT2D eigenvalue weighted by Crippen LogP contribution is -2.24. The highest BCUT2D eigenvalue weighted by Gasteiger charge is 2.30. The Balaban J connectivity index is 1.77. The van der Waals surface area contributed by atoms with E-state index in [-0.39, 0.29) is 18.2 Å². The normalized spacial score (nSPS) is 11.3. The summed E-state index contributed by atoms with van der Waals surface area (Å²) in [6.45, 7) is 2.10. The molecule has 0 unspecified atom stereocenters. The summed E-state index contributed by atoms with van der Waals surface area (Å²) in [6.07, 6.45) is -4.37. The molecule has 0 fully saturated rings. The van der Waals surface area contributed by atoms with E-state index in [2.05, 4.69) is 11.4 Å². The number of nitrogens with one attached hydrogen (secondary N) is 1. The summed E-state index contributed by atoms with van der Waals surface area (Å²) in [4.78, 5) is 11.8. The highest BCUT2D eigenvalue weighted by atomic mass is 32.2. The van der Waals surface area contributed by atoms with Crippen LogP contribution in [0.5, 0.6) is 0 Å². The van der Waals surface area contributed by atoms with E-state index >= 15 is 0 Å². The third-order valence-corrected chi connectivity index (χ3v) is 4.33. The predicted octanol–water partition coefficient (Wildman–Crippen LogP) is 4.56. The molecule has 0 heterocycles. The highest BCUT2D eigenvalue weighted by molar-refractivity contribution is 7.99. The minimum absolute atomic E-state index is 0.0910. The molecule has 128 valence electrons. The van der Waals surface area contributed by atoms with Crippen molar-refractivity contribution >= 4 is 17.7 Å². The fourth-order valence-corrected chi connectivity index (χ4v) is 2.98. The van der Waals surface area contributed by atoms with Crippen LogP contribution in [0.15, 0.2) is 48.5 Å². The Morgan fingerprint density at radius 1 is 1.08 bits per heavy atom. The van der Waals surface area contributed by atoms with E-state index in [1.807, 2.05) is 25.1 Å². The first kappa shape index (κ1) is 18.4. The van der Waals surface area contributed by atoms with Crippen molar-refractivity contribution in [2.45, 2.75) is 25.4 Å². The molecule has 0 radical (unpaired) electrons. The van der Waals surface area contributed by atoms with E-state index in [1.54, 1.807) is 6.07 Å². The maximum Gasteiger partial charge on any atom is 0.416 e. The van der Waals surface area contributed by atoms with Gasteiger partial charge in [-0.15, -0.1) is 11.8 Å². The largest absolute Gasteiger partial charge is 0.416 e. The summed E-state index contributed by atoms with van der Waals surface area (Å²) in [5.41, 5.74) is 2.04. The van der Waals surface area contributed by atoms with Crippen LogP contribution in [0.25, 0.3) is 0 Å². The molecule has 0 aliphatic rings. The second kappa shape index (κ2) is 8.24. The van der Waals surface area contributed by atoms with Gasteiger partial charge in [0.15, 0.2) is 0 Å². The van der Waals surface area contributed by atoms with Crippen LogP contribution in [0.1, 0.15) is 22.3 Å². The molecule has 2 rings (SSSR count). The van der Waals surface area contributed by atoms with Gasteiger partial charge in [-0.2, -0.15) is 13.2 Å². The van der Waals surface area contributed by atoms with Gasteiger partial charge in [0.25, 0.3) is 0 Å². The third-order valence-electron chi connectivity index (χ3n) is 3.33. The lowest BCUT2D eigenvalue weighted by Gasteiger charge is -2.09. The van der Waals surface area contributed by atoms with Crippen molar-refractivity contribution in [3.63, 3.8) is 0 Å². The Bertz CT molecular complexity index is 701. The fourth-order valence-electron chi connectivity index (χ4n) is 2.17. The highest BCUT2D eigenvalue weighted by Crippen LogP contribution is 2.29.